The fourth-order valence-electron chi connectivity index (χ4n) is 5.99. The zero-order valence-corrected chi connectivity index (χ0v) is 26.3. The van der Waals surface area contributed by atoms with Crippen LogP contribution < -0.4 is 16.0 Å². The van der Waals surface area contributed by atoms with E-state index in [1.54, 1.807) is 6.92 Å². The van der Waals surface area contributed by atoms with E-state index in [-0.39, 0.29) is 31.1 Å². The maximum absolute atomic E-state index is 14.7. The van der Waals surface area contributed by atoms with Gasteiger partial charge in [-0.15, -0.1) is 4.80 Å². The minimum Gasteiger partial charge on any atom is -0.496 e. The average Bonchev–Trinajstić information content (AvgIpc) is 3.65. The lowest BCUT2D eigenvalue weighted by atomic mass is 9.99. The Hall–Kier alpha value is -3.92. The van der Waals surface area contributed by atoms with Gasteiger partial charge in [0.2, 0.25) is 5.91 Å². The maximum Gasteiger partial charge on any atom is 0.333 e. The Labute approximate surface area is 261 Å². The van der Waals surface area contributed by atoms with Crippen LogP contribution in [0.4, 0.5) is 4.39 Å². The lowest BCUT2D eigenvalue weighted by Gasteiger charge is -2.41. The van der Waals surface area contributed by atoms with E-state index in [0.717, 1.165) is 15.9 Å². The van der Waals surface area contributed by atoms with Crippen LogP contribution in [0.2, 0.25) is 0 Å². The molecule has 5 heterocycles. The molecule has 0 spiro atoms. The van der Waals surface area contributed by atoms with Crippen molar-refractivity contribution in [2.24, 2.45) is 0 Å². The van der Waals surface area contributed by atoms with Crippen LogP contribution in [0, 0.1) is 12.7 Å². The highest BCUT2D eigenvalue weighted by molar-refractivity contribution is 7.21. The largest absolute Gasteiger partial charge is 0.496 e. The number of fused-ring (bicyclic) bond motifs is 1. The molecule has 0 saturated carbocycles. The zero-order chi connectivity index (χ0) is 32.0. The zero-order valence-electron chi connectivity index (χ0n) is 25.4. The number of methoxy groups -OCH3 is 1. The van der Waals surface area contributed by atoms with Crippen LogP contribution in [0.25, 0.3) is 15.2 Å². The molecule has 3 aromatic heterocycles. The minimum absolute atomic E-state index is 0.112. The number of hydrogen-bond donors (Lipinski definition) is 1. The van der Waals surface area contributed by atoms with Crippen LogP contribution in [0.1, 0.15) is 43.9 Å². The second-order valence-corrected chi connectivity index (χ2v) is 12.8. The number of β-amino-alcohol motifs (C(OH)–C–C–N with tert-alkyl or cyclic N) is 1. The first-order chi connectivity index (χ1) is 21.5. The molecule has 15 heteroatoms. The molecule has 2 saturated heterocycles. The van der Waals surface area contributed by atoms with Crippen LogP contribution in [0.15, 0.2) is 40.2 Å². The second kappa shape index (κ2) is 12.1. The predicted molar refractivity (Wildman–Crippen MR) is 163 cm³/mol. The van der Waals surface area contributed by atoms with Gasteiger partial charge in [0, 0.05) is 37.4 Å². The Morgan fingerprint density at radius 1 is 1.20 bits per heavy atom. The number of aromatic nitrogens is 5. The van der Waals surface area contributed by atoms with Crippen LogP contribution >= 0.6 is 11.3 Å². The molecule has 2 aliphatic rings. The monoisotopic (exact) mass is 642 g/mol. The highest BCUT2D eigenvalue weighted by Gasteiger charge is 2.42. The Balaban J connectivity index is 1.57. The molecule has 0 bridgehead atoms. The summed E-state index contributed by atoms with van der Waals surface area (Å²) in [6, 6.07) is 4.11. The molecule has 6 rings (SSSR count). The van der Waals surface area contributed by atoms with Gasteiger partial charge in [-0.1, -0.05) is 11.3 Å². The first kappa shape index (κ1) is 31.1. The number of likely N-dealkylation sites (tertiary alicyclic amines) is 1. The van der Waals surface area contributed by atoms with E-state index < -0.39 is 40.7 Å². The number of nitrogens with zero attached hydrogens (tertiary/aromatic N) is 6. The molecule has 2 fully saturated rings. The number of rotatable bonds is 9. The molecule has 240 valence electrons. The third kappa shape index (κ3) is 5.58. The summed E-state index contributed by atoms with van der Waals surface area (Å²) in [7, 11) is 1.47. The summed E-state index contributed by atoms with van der Waals surface area (Å²) in [6.07, 6.45) is 2.46. The van der Waals surface area contributed by atoms with Crippen molar-refractivity contribution in [1.82, 2.24) is 29.0 Å². The first-order valence-corrected chi connectivity index (χ1v) is 15.5. The maximum atomic E-state index is 14.7. The third-order valence-electron chi connectivity index (χ3n) is 8.43. The van der Waals surface area contributed by atoms with Gasteiger partial charge >= 0.3 is 5.69 Å². The standard InChI is InChI=1S/C30H35FN6O7S/c1-17-24-25(39)36(30(2,3)28(40)34-14-19(38)15-34)29(41)35(27(24)45-26(17)37-32-9-10-33-37)16-23(44-20-7-11-43-12-8-20)21-13-18(31)5-6-22(21)42-4/h5-6,9-10,13,19-20,23,38H,7-8,11-12,14-16H2,1-4H3. The number of aliphatic hydroxyl groups excluding tert-OH is 1. The lowest BCUT2D eigenvalue weighted by Crippen LogP contribution is -2.62. The molecule has 1 N–H and O–H groups in total. The molecule has 0 aliphatic carbocycles. The SMILES string of the molecule is COc1ccc(F)cc1C(Cn1c(=O)n(C(C)(C)C(=O)N2CC(O)C2)c(=O)c2c(C)c(-n3nccn3)sc21)OC1CCOCC1. The number of halogens is 1. The molecule has 4 aromatic rings. The van der Waals surface area contributed by atoms with E-state index >= 15 is 0 Å². The van der Waals surface area contributed by atoms with Gasteiger partial charge in [0.1, 0.15) is 33.0 Å². The highest BCUT2D eigenvalue weighted by atomic mass is 32.1. The molecular formula is C30H35FN6O7S. The van der Waals surface area contributed by atoms with E-state index in [4.69, 9.17) is 14.2 Å². The normalized spacial score (nSPS) is 17.1. The Bertz CT molecular complexity index is 1840. The molecule has 2 aliphatic heterocycles. The van der Waals surface area contributed by atoms with Crippen molar-refractivity contribution in [3.8, 4) is 10.8 Å². The molecule has 1 aromatic carbocycles. The van der Waals surface area contributed by atoms with Gasteiger partial charge in [-0.2, -0.15) is 10.2 Å². The van der Waals surface area contributed by atoms with E-state index in [2.05, 4.69) is 10.2 Å². The molecule has 45 heavy (non-hydrogen) atoms. The number of benzene rings is 1. The number of hydrogen-bond acceptors (Lipinski definition) is 10. The molecule has 13 nitrogen and oxygen atoms in total. The van der Waals surface area contributed by atoms with Crippen molar-refractivity contribution < 1.29 is 28.5 Å². The first-order valence-electron chi connectivity index (χ1n) is 14.7. The van der Waals surface area contributed by atoms with Crippen molar-refractivity contribution in [3.05, 3.63) is 68.4 Å². The summed E-state index contributed by atoms with van der Waals surface area (Å²) in [5.41, 5.74) is -2.04. The number of thiophene rings is 1. The quantitative estimate of drug-likeness (QED) is 0.291. The van der Waals surface area contributed by atoms with Gasteiger partial charge in [0.05, 0.1) is 43.6 Å². The van der Waals surface area contributed by atoms with Crippen LogP contribution in [-0.4, -0.2) is 85.7 Å². The number of ether oxygens (including phenoxy) is 3. The van der Waals surface area contributed by atoms with Crippen molar-refractivity contribution >= 4 is 27.5 Å². The summed E-state index contributed by atoms with van der Waals surface area (Å²) < 4.78 is 34.7. The van der Waals surface area contributed by atoms with Crippen LogP contribution in [0.5, 0.6) is 5.75 Å². The summed E-state index contributed by atoms with van der Waals surface area (Å²) >= 11 is 1.16. The summed E-state index contributed by atoms with van der Waals surface area (Å²) in [5, 5.41) is 19.1. The third-order valence-corrected chi connectivity index (χ3v) is 9.71. The molecule has 1 amide bonds. The van der Waals surface area contributed by atoms with Crippen LogP contribution in [0.3, 0.4) is 0 Å². The number of carbonyl (C=O) groups excluding carboxylic acids is 1. The number of aliphatic hydroxyl groups is 1. The molecular weight excluding hydrogens is 607 g/mol. The number of carbonyl (C=O) groups is 1. The van der Waals surface area contributed by atoms with Crippen molar-refractivity contribution in [3.63, 3.8) is 0 Å². The van der Waals surface area contributed by atoms with E-state index in [0.29, 0.717) is 52.8 Å². The van der Waals surface area contributed by atoms with Crippen LogP contribution in [-0.2, 0) is 26.4 Å². The van der Waals surface area contributed by atoms with Crippen molar-refractivity contribution in [1.29, 1.82) is 0 Å². The fraction of sp³-hybridized carbons (Fsp3) is 0.500. The Kier molecular flexibility index (Phi) is 8.37. The molecule has 0 radical (unpaired) electrons. The van der Waals surface area contributed by atoms with Gasteiger partial charge in [-0.25, -0.2) is 13.8 Å². The highest BCUT2D eigenvalue weighted by Crippen LogP contribution is 2.36. The van der Waals surface area contributed by atoms with Gasteiger partial charge in [-0.3, -0.25) is 14.2 Å². The lowest BCUT2D eigenvalue weighted by molar-refractivity contribution is -0.149. The Morgan fingerprint density at radius 3 is 2.53 bits per heavy atom. The summed E-state index contributed by atoms with van der Waals surface area (Å²) in [4.78, 5) is 45.5. The minimum atomic E-state index is -1.60. The number of amides is 1. The van der Waals surface area contributed by atoms with Gasteiger partial charge in [-0.05, 0) is 51.8 Å². The van der Waals surface area contributed by atoms with E-state index in [1.165, 1.54) is 65.8 Å². The number of aryl methyl sites for hydroxylation is 1. The second-order valence-electron chi connectivity index (χ2n) is 11.8. The predicted octanol–water partition coefficient (Wildman–Crippen LogP) is 2.14. The molecule has 1 unspecified atom stereocenters. The van der Waals surface area contributed by atoms with E-state index in [9.17, 15) is 23.9 Å². The topological polar surface area (TPSA) is 143 Å². The van der Waals surface area contributed by atoms with E-state index in [1.807, 2.05) is 0 Å². The smallest absolute Gasteiger partial charge is 0.333 e. The average molecular weight is 643 g/mol. The van der Waals surface area contributed by atoms with Gasteiger partial charge in [0.15, 0.2) is 0 Å². The molecule has 1 atom stereocenters. The van der Waals surface area contributed by atoms with Gasteiger partial charge in [0.25, 0.3) is 5.56 Å². The van der Waals surface area contributed by atoms with Crippen molar-refractivity contribution in [2.75, 3.05) is 33.4 Å². The van der Waals surface area contributed by atoms with Crippen molar-refractivity contribution in [2.45, 2.75) is 64.0 Å². The van der Waals surface area contributed by atoms with Gasteiger partial charge < -0.3 is 24.2 Å². The Morgan fingerprint density at radius 2 is 1.89 bits per heavy atom. The fourth-order valence-corrected chi connectivity index (χ4v) is 7.20. The summed E-state index contributed by atoms with van der Waals surface area (Å²) in [5.74, 6) is -0.598. The summed E-state index contributed by atoms with van der Waals surface area (Å²) in [6.45, 7) is 5.87.